The molecule has 1 saturated carbocycles. The number of carbonyl (C=O) groups excluding carboxylic acids is 1. The summed E-state index contributed by atoms with van der Waals surface area (Å²) in [5.41, 5.74) is 1.02. The minimum Gasteiger partial charge on any atom is -0.454 e. The van der Waals surface area contributed by atoms with E-state index in [4.69, 9.17) is 4.74 Å². The first-order valence-electron chi connectivity index (χ1n) is 11.1. The molecule has 0 spiro atoms. The lowest BCUT2D eigenvalue weighted by atomic mass is 10.0. The monoisotopic (exact) mass is 509 g/mol. The van der Waals surface area contributed by atoms with Crippen LogP contribution in [0.4, 0.5) is 8.78 Å². The summed E-state index contributed by atoms with van der Waals surface area (Å²) in [7, 11) is -1.54. The molecule has 2 heterocycles. The second kappa shape index (κ2) is 8.87. The lowest BCUT2D eigenvalue weighted by molar-refractivity contribution is -0.113. The number of carbonyl (C=O) groups is 1. The van der Waals surface area contributed by atoms with Gasteiger partial charge in [0.15, 0.2) is 11.6 Å². The molecule has 1 amide bonds. The van der Waals surface area contributed by atoms with E-state index in [9.17, 15) is 22.6 Å². The molecular weight excluding hydrogens is 488 g/mol. The Morgan fingerprint density at radius 2 is 1.92 bits per heavy atom. The second-order valence-electron chi connectivity index (χ2n) is 8.46. The van der Waals surface area contributed by atoms with Crippen molar-refractivity contribution in [2.45, 2.75) is 23.0 Å². The van der Waals surface area contributed by atoms with Gasteiger partial charge in [-0.3, -0.25) is 9.59 Å². The zero-order chi connectivity index (χ0) is 25.6. The fourth-order valence-corrected chi connectivity index (χ4v) is 6.33. The Hall–Kier alpha value is -4.05. The van der Waals surface area contributed by atoms with Crippen LogP contribution >= 0.6 is 0 Å². The first kappa shape index (κ1) is 23.7. The molecule has 0 bridgehead atoms. The predicted molar refractivity (Wildman–Crippen MR) is 132 cm³/mol. The molecule has 0 radical (unpaired) electrons. The number of pyridine rings is 1. The van der Waals surface area contributed by atoms with Crippen molar-refractivity contribution in [2.75, 3.05) is 0 Å². The van der Waals surface area contributed by atoms with E-state index >= 15 is 0 Å². The maximum Gasteiger partial charge on any atom is 0.277 e. The van der Waals surface area contributed by atoms with Gasteiger partial charge in [-0.15, -0.1) is 0 Å². The number of halogens is 2. The number of aromatic nitrogens is 2. The van der Waals surface area contributed by atoms with Crippen molar-refractivity contribution in [3.8, 4) is 22.6 Å². The van der Waals surface area contributed by atoms with E-state index in [1.165, 1.54) is 22.8 Å². The summed E-state index contributed by atoms with van der Waals surface area (Å²) in [5.74, 6) is -2.36. The average Bonchev–Trinajstić information content (AvgIpc) is 3.60. The lowest BCUT2D eigenvalue weighted by Crippen LogP contribution is -2.16. The van der Waals surface area contributed by atoms with Gasteiger partial charge in [0.2, 0.25) is 0 Å². The SMILES string of the molecule is C=CC(=O)N=S(=O)(c1ccc(Oc2ccc(F)cc2F)c(-c2cn(C)c(=O)c3[nH]ccc23)c1)C1CC1. The summed E-state index contributed by atoms with van der Waals surface area (Å²) in [4.78, 5) is 27.9. The number of H-pyrrole nitrogens is 1. The number of rotatable bonds is 6. The number of aromatic amines is 1. The zero-order valence-electron chi connectivity index (χ0n) is 19.2. The summed E-state index contributed by atoms with van der Waals surface area (Å²) in [6, 6.07) is 9.28. The van der Waals surface area contributed by atoms with E-state index in [2.05, 4.69) is 15.9 Å². The summed E-state index contributed by atoms with van der Waals surface area (Å²) in [6.45, 7) is 3.42. The highest BCUT2D eigenvalue weighted by Crippen LogP contribution is 2.42. The zero-order valence-corrected chi connectivity index (χ0v) is 20.0. The maximum atomic E-state index is 14.4. The Kier molecular flexibility index (Phi) is 5.83. The molecule has 36 heavy (non-hydrogen) atoms. The second-order valence-corrected chi connectivity index (χ2v) is 10.9. The van der Waals surface area contributed by atoms with Crippen molar-refractivity contribution in [1.82, 2.24) is 9.55 Å². The molecule has 0 aliphatic heterocycles. The Balaban J connectivity index is 1.77. The van der Waals surface area contributed by atoms with Crippen molar-refractivity contribution < 1.29 is 22.5 Å². The average molecular weight is 510 g/mol. The van der Waals surface area contributed by atoms with Gasteiger partial charge in [-0.25, -0.2) is 13.0 Å². The molecule has 10 heteroatoms. The molecule has 1 aliphatic rings. The van der Waals surface area contributed by atoms with Crippen LogP contribution in [0.25, 0.3) is 22.0 Å². The van der Waals surface area contributed by atoms with Crippen LogP contribution in [-0.4, -0.2) is 24.9 Å². The van der Waals surface area contributed by atoms with Gasteiger partial charge in [0.1, 0.15) is 17.1 Å². The first-order chi connectivity index (χ1) is 17.2. The van der Waals surface area contributed by atoms with E-state index in [0.717, 1.165) is 12.1 Å². The first-order valence-corrected chi connectivity index (χ1v) is 12.7. The normalized spacial score (nSPS) is 14.9. The Morgan fingerprint density at radius 3 is 2.61 bits per heavy atom. The summed E-state index contributed by atoms with van der Waals surface area (Å²) >= 11 is 0. The molecule has 0 saturated heterocycles. The molecule has 2 aromatic heterocycles. The molecule has 7 nitrogen and oxygen atoms in total. The van der Waals surface area contributed by atoms with Crippen LogP contribution in [0.15, 0.2) is 81.6 Å². The quantitative estimate of drug-likeness (QED) is 0.357. The van der Waals surface area contributed by atoms with Gasteiger partial charge in [-0.1, -0.05) is 6.58 Å². The molecule has 1 fully saturated rings. The minimum atomic E-state index is -3.13. The third-order valence-electron chi connectivity index (χ3n) is 5.96. The third kappa shape index (κ3) is 4.13. The molecule has 1 unspecified atom stereocenters. The smallest absolute Gasteiger partial charge is 0.277 e. The molecule has 2 aromatic carbocycles. The van der Waals surface area contributed by atoms with Crippen molar-refractivity contribution in [3.05, 3.63) is 89.5 Å². The molecule has 1 atom stereocenters. The van der Waals surface area contributed by atoms with Gasteiger partial charge >= 0.3 is 0 Å². The van der Waals surface area contributed by atoms with Gasteiger partial charge < -0.3 is 14.3 Å². The largest absolute Gasteiger partial charge is 0.454 e. The fourth-order valence-electron chi connectivity index (χ4n) is 4.03. The van der Waals surface area contributed by atoms with Crippen molar-refractivity contribution in [1.29, 1.82) is 0 Å². The highest BCUT2D eigenvalue weighted by molar-refractivity contribution is 7.94. The van der Waals surface area contributed by atoms with Crippen LogP contribution in [0.2, 0.25) is 0 Å². The predicted octanol–water partition coefficient (Wildman–Crippen LogP) is 5.31. The molecular formula is C26H21F2N3O4S. The van der Waals surface area contributed by atoms with Crippen LogP contribution in [0.1, 0.15) is 12.8 Å². The summed E-state index contributed by atoms with van der Waals surface area (Å²) in [5, 5.41) is 0.277. The van der Waals surface area contributed by atoms with Crippen molar-refractivity contribution in [3.63, 3.8) is 0 Å². The minimum absolute atomic E-state index is 0.179. The maximum absolute atomic E-state index is 14.4. The Labute approximate surface area is 205 Å². The molecule has 4 aromatic rings. The number of hydrogen-bond acceptors (Lipinski definition) is 4. The highest BCUT2D eigenvalue weighted by Gasteiger charge is 2.36. The molecule has 184 valence electrons. The lowest BCUT2D eigenvalue weighted by Gasteiger charge is -2.17. The van der Waals surface area contributed by atoms with Gasteiger partial charge in [-0.05, 0) is 55.3 Å². The van der Waals surface area contributed by atoms with Crippen LogP contribution in [-0.2, 0) is 21.6 Å². The molecule has 5 rings (SSSR count). The van der Waals surface area contributed by atoms with Crippen LogP contribution in [0.3, 0.4) is 0 Å². The fraction of sp³-hybridized carbons (Fsp3) is 0.154. The highest BCUT2D eigenvalue weighted by atomic mass is 32.2. The molecule has 1 aliphatic carbocycles. The van der Waals surface area contributed by atoms with Crippen LogP contribution < -0.4 is 10.3 Å². The number of benzene rings is 2. The summed E-state index contributed by atoms with van der Waals surface area (Å²) in [6.07, 6.45) is 5.53. The summed E-state index contributed by atoms with van der Waals surface area (Å²) < 4.78 is 53.0. The van der Waals surface area contributed by atoms with Gasteiger partial charge in [0, 0.05) is 52.2 Å². The Morgan fingerprint density at radius 1 is 1.17 bits per heavy atom. The molecule has 1 N–H and O–H groups in total. The number of hydrogen-bond donors (Lipinski definition) is 1. The van der Waals surface area contributed by atoms with Gasteiger partial charge in [-0.2, -0.15) is 4.36 Å². The number of nitrogens with one attached hydrogen (secondary N) is 1. The number of amides is 1. The van der Waals surface area contributed by atoms with E-state index in [0.29, 0.717) is 45.8 Å². The van der Waals surface area contributed by atoms with Crippen molar-refractivity contribution in [2.24, 2.45) is 11.4 Å². The number of ether oxygens (including phenoxy) is 1. The topological polar surface area (TPSA) is 93.5 Å². The number of nitrogens with zero attached hydrogens (tertiary/aromatic N) is 2. The number of aryl methyl sites for hydroxylation is 1. The van der Waals surface area contributed by atoms with Gasteiger partial charge in [0.05, 0.1) is 9.73 Å². The third-order valence-corrected chi connectivity index (χ3v) is 8.72. The van der Waals surface area contributed by atoms with E-state index in [1.807, 2.05) is 0 Å². The van der Waals surface area contributed by atoms with Crippen molar-refractivity contribution >= 4 is 26.5 Å². The van der Waals surface area contributed by atoms with Gasteiger partial charge in [0.25, 0.3) is 11.5 Å². The van der Waals surface area contributed by atoms with E-state index < -0.39 is 27.3 Å². The van der Waals surface area contributed by atoms with E-state index in [1.54, 1.807) is 31.6 Å². The number of fused-ring (bicyclic) bond motifs is 1. The van der Waals surface area contributed by atoms with Crippen LogP contribution in [0.5, 0.6) is 11.5 Å². The Bertz CT molecular complexity index is 1730. The van der Waals surface area contributed by atoms with E-state index in [-0.39, 0.29) is 22.3 Å². The van der Waals surface area contributed by atoms with Crippen LogP contribution in [0, 0.1) is 11.6 Å². The standard InChI is InChI=1S/C26H21F2N3O4S/c1-3-24(32)30-36(34,16-5-6-16)17-7-9-22(35-23-8-4-15(27)12-21(23)28)19(13-17)20-14-31(2)26(33)25-18(20)10-11-29-25/h3-4,7-14,16,29H,1,5-6H2,2H3.